The van der Waals surface area contributed by atoms with Crippen LogP contribution in [0, 0.1) is 10.6 Å². The number of nitrogens with zero attached hydrogens (tertiary/aromatic N) is 1. The number of ether oxygens (including phenoxy) is 2. The Morgan fingerprint density at radius 1 is 1.29 bits per heavy atom. The highest BCUT2D eigenvalue weighted by atomic mass is 32.2. The molecule has 4 N–H and O–H groups in total. The Morgan fingerprint density at radius 3 is 2.58 bits per heavy atom. The molecule has 166 valence electrons. The van der Waals surface area contributed by atoms with E-state index in [0.29, 0.717) is 17.0 Å². The third kappa shape index (κ3) is 6.82. The van der Waals surface area contributed by atoms with Crippen molar-refractivity contribution in [2.45, 2.75) is 5.75 Å². The molecule has 0 radical (unpaired) electrons. The zero-order valence-corrected chi connectivity index (χ0v) is 18.2. The number of nitrogens with two attached hydrogens (primary N) is 1. The number of hydrogen-bond donors (Lipinski definition) is 3. The molecular formula is C21H24F2N4O3S. The molecular weight excluding hydrogens is 426 g/mol. The predicted octanol–water partition coefficient (Wildman–Crippen LogP) is 4.16. The molecule has 1 unspecified atom stereocenters. The predicted molar refractivity (Wildman–Crippen MR) is 119 cm³/mol. The maximum absolute atomic E-state index is 14.5. The van der Waals surface area contributed by atoms with Gasteiger partial charge in [-0.25, -0.2) is 18.0 Å². The van der Waals surface area contributed by atoms with Crippen molar-refractivity contribution in [2.24, 2.45) is 10.7 Å². The van der Waals surface area contributed by atoms with E-state index in [1.54, 1.807) is 18.2 Å². The summed E-state index contributed by atoms with van der Waals surface area (Å²) in [4.78, 5) is 4.16. The Balaban J connectivity index is 2.44. The minimum absolute atomic E-state index is 0.0250. The summed E-state index contributed by atoms with van der Waals surface area (Å²) in [5.41, 5.74) is 6.39. The molecule has 31 heavy (non-hydrogen) atoms. The molecule has 10 heteroatoms. The van der Waals surface area contributed by atoms with E-state index in [-0.39, 0.29) is 28.6 Å². The summed E-state index contributed by atoms with van der Waals surface area (Å²) < 4.78 is 57.9. The highest BCUT2D eigenvalue weighted by molar-refractivity contribution is 7.90. The molecule has 0 bridgehead atoms. The van der Waals surface area contributed by atoms with Crippen molar-refractivity contribution in [2.75, 3.05) is 25.8 Å². The highest BCUT2D eigenvalue weighted by Crippen LogP contribution is 2.26. The van der Waals surface area contributed by atoms with Crippen LogP contribution < -0.4 is 20.5 Å². The molecule has 0 spiro atoms. The van der Waals surface area contributed by atoms with Gasteiger partial charge in [-0.15, -0.1) is 0 Å². The molecule has 0 heterocycles. The monoisotopic (exact) mass is 450 g/mol. The Labute approximate surface area is 180 Å². The van der Waals surface area contributed by atoms with Gasteiger partial charge in [-0.05, 0) is 29.8 Å². The zero-order chi connectivity index (χ0) is 23.2. The van der Waals surface area contributed by atoms with Gasteiger partial charge in [0.1, 0.15) is 28.8 Å². The van der Waals surface area contributed by atoms with Crippen LogP contribution >= 0.6 is 0 Å². The number of hydrogen-bond acceptors (Lipinski definition) is 7. The summed E-state index contributed by atoms with van der Waals surface area (Å²) in [5.74, 6) is -0.814. The van der Waals surface area contributed by atoms with E-state index in [0.717, 1.165) is 18.3 Å². The third-order valence-electron chi connectivity index (χ3n) is 3.97. The van der Waals surface area contributed by atoms with Crippen molar-refractivity contribution in [3.63, 3.8) is 0 Å². The topological polar surface area (TPSA) is 110 Å². The normalized spacial score (nSPS) is 14.0. The summed E-state index contributed by atoms with van der Waals surface area (Å²) in [6.07, 6.45) is 2.07. The molecule has 2 aromatic carbocycles. The second-order valence-corrected chi connectivity index (χ2v) is 8.91. The van der Waals surface area contributed by atoms with E-state index in [2.05, 4.69) is 16.9 Å². The average Bonchev–Trinajstić information content (AvgIpc) is 2.70. The molecule has 0 aliphatic rings. The molecule has 0 fully saturated rings. The third-order valence-corrected chi connectivity index (χ3v) is 4.85. The van der Waals surface area contributed by atoms with E-state index < -0.39 is 21.4 Å². The van der Waals surface area contributed by atoms with Crippen LogP contribution in [-0.4, -0.2) is 30.4 Å². The van der Waals surface area contributed by atoms with Crippen LogP contribution in [0.25, 0.3) is 0 Å². The van der Waals surface area contributed by atoms with Gasteiger partial charge < -0.3 is 20.5 Å². The number of anilines is 1. The molecule has 0 aromatic heterocycles. The lowest BCUT2D eigenvalue weighted by Crippen LogP contribution is -2.09. The van der Waals surface area contributed by atoms with Crippen molar-refractivity contribution in [1.29, 1.82) is 4.78 Å². The number of allylic oxidation sites excluding steroid dienone is 1. The van der Waals surface area contributed by atoms with Crippen molar-refractivity contribution < 1.29 is 22.5 Å². The highest BCUT2D eigenvalue weighted by Gasteiger charge is 2.16. The Hall–Kier alpha value is -3.40. The number of halogens is 2. The number of methoxy groups -OCH3 is 2. The first-order valence-electron chi connectivity index (χ1n) is 8.92. The fourth-order valence-electron chi connectivity index (χ4n) is 2.76. The molecule has 0 aliphatic heterocycles. The Morgan fingerprint density at radius 2 is 2.00 bits per heavy atom. The van der Waals surface area contributed by atoms with Gasteiger partial charge in [0.15, 0.2) is 5.83 Å². The van der Waals surface area contributed by atoms with Crippen molar-refractivity contribution in [3.8, 4) is 11.5 Å². The first-order chi connectivity index (χ1) is 14.6. The molecule has 0 saturated heterocycles. The van der Waals surface area contributed by atoms with Crippen LogP contribution in [-0.2, 0) is 15.5 Å². The van der Waals surface area contributed by atoms with E-state index >= 15 is 0 Å². The fourth-order valence-corrected chi connectivity index (χ4v) is 3.57. The number of aliphatic imine (C=N–C) groups is 1. The summed E-state index contributed by atoms with van der Waals surface area (Å²) in [5, 5.41) is 2.91. The van der Waals surface area contributed by atoms with Crippen LogP contribution in [0.5, 0.6) is 11.5 Å². The van der Waals surface area contributed by atoms with Crippen LogP contribution in [0.1, 0.15) is 11.1 Å². The maximum Gasteiger partial charge on any atom is 0.165 e. The number of nitrogens with one attached hydrogen (secondary N) is 2. The van der Waals surface area contributed by atoms with Gasteiger partial charge in [0.05, 0.1) is 20.0 Å². The minimum Gasteiger partial charge on any atom is -0.497 e. The van der Waals surface area contributed by atoms with Gasteiger partial charge in [0.25, 0.3) is 0 Å². The van der Waals surface area contributed by atoms with E-state index in [1.807, 2.05) is 0 Å². The summed E-state index contributed by atoms with van der Waals surface area (Å²) in [6.45, 7) is 3.78. The van der Waals surface area contributed by atoms with E-state index in [4.69, 9.17) is 20.0 Å². The second-order valence-electron chi connectivity index (χ2n) is 6.61. The van der Waals surface area contributed by atoms with E-state index in [1.165, 1.54) is 26.5 Å². The minimum atomic E-state index is -2.78. The fraction of sp³-hybridized carbons (Fsp3) is 0.190. The first-order valence-corrected chi connectivity index (χ1v) is 11.1. The first kappa shape index (κ1) is 23.9. The smallest absolute Gasteiger partial charge is 0.165 e. The Bertz CT molecular complexity index is 1150. The van der Waals surface area contributed by atoms with Gasteiger partial charge in [-0.3, -0.25) is 4.78 Å². The lowest BCUT2D eigenvalue weighted by Gasteiger charge is -2.13. The van der Waals surface area contributed by atoms with Gasteiger partial charge in [0.2, 0.25) is 0 Å². The van der Waals surface area contributed by atoms with Gasteiger partial charge >= 0.3 is 0 Å². The largest absolute Gasteiger partial charge is 0.497 e. The van der Waals surface area contributed by atoms with Crippen LogP contribution in [0.2, 0.25) is 0 Å². The van der Waals surface area contributed by atoms with Crippen molar-refractivity contribution in [3.05, 3.63) is 77.8 Å². The van der Waals surface area contributed by atoms with Gasteiger partial charge in [-0.1, -0.05) is 6.58 Å². The lowest BCUT2D eigenvalue weighted by molar-refractivity contribution is 0.410. The van der Waals surface area contributed by atoms with Crippen LogP contribution in [0.15, 0.2) is 65.8 Å². The molecule has 2 rings (SSSR count). The van der Waals surface area contributed by atoms with Crippen LogP contribution in [0.3, 0.4) is 0 Å². The lowest BCUT2D eigenvalue weighted by atomic mass is 10.1. The van der Waals surface area contributed by atoms with Crippen LogP contribution in [0.4, 0.5) is 14.5 Å². The van der Waals surface area contributed by atoms with E-state index in [9.17, 15) is 13.0 Å². The zero-order valence-electron chi connectivity index (χ0n) is 17.4. The average molecular weight is 451 g/mol. The van der Waals surface area contributed by atoms with Gasteiger partial charge in [-0.2, -0.15) is 0 Å². The summed E-state index contributed by atoms with van der Waals surface area (Å²) >= 11 is 0. The molecule has 7 nitrogen and oxygen atoms in total. The molecule has 0 amide bonds. The summed E-state index contributed by atoms with van der Waals surface area (Å²) in [6, 6.07) is 8.53. The number of rotatable bonds is 9. The maximum atomic E-state index is 14.5. The van der Waals surface area contributed by atoms with Crippen molar-refractivity contribution >= 4 is 21.1 Å². The quantitative estimate of drug-likeness (QED) is 0.497. The van der Waals surface area contributed by atoms with Gasteiger partial charge in [0, 0.05) is 45.6 Å². The molecule has 0 aliphatic carbocycles. The Kier molecular flexibility index (Phi) is 7.76. The second kappa shape index (κ2) is 10.1. The standard InChI is InChI=1S/C21H24F2N4O3S/c1-13(26-16-7-14(12-31(4,25)28)8-17(10-16)29-2)27-21(19(23)11-24)18-6-5-15(22)9-20(18)30-3/h5-11,25-26H,1,12,24H2,2-4H3/b19-11+,27-21?. The molecule has 0 saturated carbocycles. The summed E-state index contributed by atoms with van der Waals surface area (Å²) in [7, 11) is 0.0176. The molecule has 2 aromatic rings. The van der Waals surface area contributed by atoms with Crippen molar-refractivity contribution in [1.82, 2.24) is 0 Å². The number of benzene rings is 2. The molecule has 1 atom stereocenters. The SMILES string of the molecule is C=C(N=C(/C(F)=C\N)c1ccc(F)cc1OC)Nc1cc(CS(C)(=N)=O)cc(OC)c1.